The van der Waals surface area contributed by atoms with Crippen LogP contribution in [0.1, 0.15) is 10.4 Å². The van der Waals surface area contributed by atoms with Crippen molar-refractivity contribution in [1.29, 1.82) is 0 Å². The monoisotopic (exact) mass is 189 g/mol. The lowest BCUT2D eigenvalue weighted by Crippen LogP contribution is -2.21. The quantitative estimate of drug-likeness (QED) is 0.669. The number of carboxylic acid groups (broad SMARTS) is 1. The van der Waals surface area contributed by atoms with Gasteiger partial charge in [-0.1, -0.05) is 24.3 Å². The molecule has 14 heavy (non-hydrogen) atoms. The first kappa shape index (κ1) is 8.36. The summed E-state index contributed by atoms with van der Waals surface area (Å²) >= 11 is 0. The van der Waals surface area contributed by atoms with Gasteiger partial charge >= 0.3 is 0 Å². The number of aromatic amines is 1. The molecule has 0 atom stereocenters. The van der Waals surface area contributed by atoms with Crippen molar-refractivity contribution in [3.63, 3.8) is 0 Å². The summed E-state index contributed by atoms with van der Waals surface area (Å²) in [6.07, 6.45) is 0. The summed E-state index contributed by atoms with van der Waals surface area (Å²) in [5, 5.41) is 23.6. The van der Waals surface area contributed by atoms with Crippen LogP contribution in [-0.2, 0) is 0 Å². The van der Waals surface area contributed by atoms with Crippen molar-refractivity contribution in [2.45, 2.75) is 0 Å². The molecule has 0 saturated heterocycles. The van der Waals surface area contributed by atoms with Crippen molar-refractivity contribution >= 4 is 5.97 Å². The normalized spacial score (nSPS) is 10.0. The molecule has 2 rings (SSSR count). The number of aromatic nitrogens is 4. The molecule has 0 bridgehead atoms. The zero-order valence-corrected chi connectivity index (χ0v) is 6.97. The van der Waals surface area contributed by atoms with Gasteiger partial charge in [-0.3, -0.25) is 0 Å². The van der Waals surface area contributed by atoms with E-state index < -0.39 is 5.97 Å². The van der Waals surface area contributed by atoms with Gasteiger partial charge in [0.25, 0.3) is 0 Å². The first-order chi connectivity index (χ1) is 6.77. The van der Waals surface area contributed by atoms with E-state index in [1.54, 1.807) is 12.1 Å². The zero-order chi connectivity index (χ0) is 9.97. The Bertz CT molecular complexity index is 435. The Balaban J connectivity index is 2.36. The lowest BCUT2D eigenvalue weighted by atomic mass is 10.1. The molecule has 1 aromatic heterocycles. The van der Waals surface area contributed by atoms with E-state index in [2.05, 4.69) is 20.6 Å². The number of carbonyl (C=O) groups excluding carboxylic acids is 1. The summed E-state index contributed by atoms with van der Waals surface area (Å²) in [6.45, 7) is 0. The van der Waals surface area contributed by atoms with E-state index in [1.807, 2.05) is 0 Å². The van der Waals surface area contributed by atoms with Crippen LogP contribution in [0.3, 0.4) is 0 Å². The number of tetrazole rings is 1. The Kier molecular flexibility index (Phi) is 1.94. The van der Waals surface area contributed by atoms with Crippen LogP contribution in [0.5, 0.6) is 0 Å². The third-order valence-electron chi connectivity index (χ3n) is 1.72. The summed E-state index contributed by atoms with van der Waals surface area (Å²) in [5.74, 6) is -0.778. The molecule has 0 fully saturated rings. The van der Waals surface area contributed by atoms with Crippen LogP contribution in [-0.4, -0.2) is 26.6 Å². The minimum atomic E-state index is -1.20. The first-order valence-electron chi connectivity index (χ1n) is 3.82. The summed E-state index contributed by atoms with van der Waals surface area (Å²) in [7, 11) is 0. The zero-order valence-electron chi connectivity index (χ0n) is 6.97. The van der Waals surface area contributed by atoms with Crippen molar-refractivity contribution in [3.8, 4) is 11.4 Å². The molecule has 0 saturated carbocycles. The molecule has 1 N–H and O–H groups in total. The number of carbonyl (C=O) groups is 1. The number of nitrogens with one attached hydrogen (secondary N) is 1. The molecule has 70 valence electrons. The van der Waals surface area contributed by atoms with Crippen molar-refractivity contribution in [2.75, 3.05) is 0 Å². The van der Waals surface area contributed by atoms with E-state index >= 15 is 0 Å². The second kappa shape index (κ2) is 3.25. The van der Waals surface area contributed by atoms with Crippen molar-refractivity contribution in [1.82, 2.24) is 20.6 Å². The minimum Gasteiger partial charge on any atom is -0.545 e. The minimum absolute atomic E-state index is 0.122. The van der Waals surface area contributed by atoms with Gasteiger partial charge in [-0.2, -0.15) is 5.21 Å². The molecule has 1 heterocycles. The number of hydrogen-bond donors (Lipinski definition) is 1. The molecular weight excluding hydrogens is 184 g/mol. The largest absolute Gasteiger partial charge is 0.545 e. The highest BCUT2D eigenvalue weighted by molar-refractivity contribution is 5.86. The van der Waals surface area contributed by atoms with Gasteiger partial charge in [0, 0.05) is 5.56 Å². The summed E-state index contributed by atoms with van der Waals surface area (Å²) in [5.41, 5.74) is 0.820. The fourth-order valence-electron chi connectivity index (χ4n) is 1.04. The van der Waals surface area contributed by atoms with Crippen LogP contribution >= 0.6 is 0 Å². The van der Waals surface area contributed by atoms with Crippen molar-refractivity contribution in [2.24, 2.45) is 0 Å². The molecule has 0 radical (unpaired) electrons. The first-order valence-corrected chi connectivity index (χ1v) is 3.82. The van der Waals surface area contributed by atoms with E-state index in [9.17, 15) is 9.90 Å². The van der Waals surface area contributed by atoms with Gasteiger partial charge in [0.05, 0.1) is 5.97 Å². The molecule has 0 aliphatic rings. The third-order valence-corrected chi connectivity index (χ3v) is 1.72. The summed E-state index contributed by atoms with van der Waals surface area (Å²) in [4.78, 5) is 10.4. The molecule has 0 spiro atoms. The Hall–Kier alpha value is -2.24. The molecular formula is C8H5N4O2-. The van der Waals surface area contributed by atoms with E-state index in [0.29, 0.717) is 11.4 Å². The maximum absolute atomic E-state index is 10.4. The highest BCUT2D eigenvalue weighted by Gasteiger charge is 2.01. The van der Waals surface area contributed by atoms with Crippen LogP contribution < -0.4 is 5.11 Å². The fourth-order valence-corrected chi connectivity index (χ4v) is 1.04. The van der Waals surface area contributed by atoms with Crippen LogP contribution in [0, 0.1) is 0 Å². The SMILES string of the molecule is O=C([O-])c1ccc(-c2nn[nH]n2)cc1. The highest BCUT2D eigenvalue weighted by atomic mass is 16.4. The number of rotatable bonds is 2. The second-order valence-electron chi connectivity index (χ2n) is 2.60. The number of nitrogens with zero attached hydrogens (tertiary/aromatic N) is 3. The van der Waals surface area contributed by atoms with E-state index in [-0.39, 0.29) is 5.56 Å². The predicted octanol–water partition coefficient (Wildman–Crippen LogP) is -0.770. The summed E-state index contributed by atoms with van der Waals surface area (Å²) < 4.78 is 0. The number of carboxylic acids is 1. The lowest BCUT2D eigenvalue weighted by Gasteiger charge is -2.01. The summed E-state index contributed by atoms with van der Waals surface area (Å²) in [6, 6.07) is 6.05. The Morgan fingerprint density at radius 2 is 2.00 bits per heavy atom. The van der Waals surface area contributed by atoms with Gasteiger partial charge in [0.2, 0.25) is 5.82 Å². The fraction of sp³-hybridized carbons (Fsp3) is 0. The number of benzene rings is 1. The topological polar surface area (TPSA) is 94.6 Å². The second-order valence-corrected chi connectivity index (χ2v) is 2.60. The smallest absolute Gasteiger partial charge is 0.204 e. The van der Waals surface area contributed by atoms with Crippen molar-refractivity contribution < 1.29 is 9.90 Å². The lowest BCUT2D eigenvalue weighted by molar-refractivity contribution is -0.255. The van der Waals surface area contributed by atoms with Gasteiger partial charge < -0.3 is 9.90 Å². The molecule has 0 unspecified atom stereocenters. The molecule has 0 amide bonds. The molecule has 1 aromatic carbocycles. The van der Waals surface area contributed by atoms with E-state index in [1.165, 1.54) is 12.1 Å². The van der Waals surface area contributed by atoms with Gasteiger partial charge in [0.15, 0.2) is 0 Å². The Morgan fingerprint density at radius 3 is 2.50 bits per heavy atom. The van der Waals surface area contributed by atoms with Crippen molar-refractivity contribution in [3.05, 3.63) is 29.8 Å². The van der Waals surface area contributed by atoms with Gasteiger partial charge in [-0.25, -0.2) is 0 Å². The number of hydrogen-bond acceptors (Lipinski definition) is 5. The molecule has 0 aliphatic carbocycles. The standard InChI is InChI=1S/C8H6N4O2/c13-8(14)6-3-1-5(2-4-6)7-9-11-12-10-7/h1-4H,(H,13,14)(H,9,10,11,12)/p-1. The number of aromatic carboxylic acids is 1. The number of H-pyrrole nitrogens is 1. The average molecular weight is 189 g/mol. The van der Waals surface area contributed by atoms with Gasteiger partial charge in [-0.15, -0.1) is 10.2 Å². The molecule has 2 aromatic rings. The molecule has 6 nitrogen and oxygen atoms in total. The van der Waals surface area contributed by atoms with Crippen LogP contribution in [0.15, 0.2) is 24.3 Å². The van der Waals surface area contributed by atoms with E-state index in [0.717, 1.165) is 0 Å². The maximum atomic E-state index is 10.4. The highest BCUT2D eigenvalue weighted by Crippen LogP contribution is 2.13. The predicted molar refractivity (Wildman–Crippen MR) is 43.9 cm³/mol. The van der Waals surface area contributed by atoms with Gasteiger partial charge in [-0.05, 0) is 10.8 Å². The Labute approximate surface area is 78.6 Å². The van der Waals surface area contributed by atoms with Crippen LogP contribution in [0.2, 0.25) is 0 Å². The van der Waals surface area contributed by atoms with Crippen LogP contribution in [0.25, 0.3) is 11.4 Å². The van der Waals surface area contributed by atoms with E-state index in [4.69, 9.17) is 0 Å². The maximum Gasteiger partial charge on any atom is 0.204 e. The average Bonchev–Trinajstić information content (AvgIpc) is 2.71. The third kappa shape index (κ3) is 1.45. The van der Waals surface area contributed by atoms with Crippen LogP contribution in [0.4, 0.5) is 0 Å². The Morgan fingerprint density at radius 1 is 1.29 bits per heavy atom. The molecule has 6 heteroatoms. The van der Waals surface area contributed by atoms with Gasteiger partial charge in [0.1, 0.15) is 0 Å². The molecule has 0 aliphatic heterocycles.